The molecule has 0 radical (unpaired) electrons. The first-order valence-corrected chi connectivity index (χ1v) is 10.1. The number of halogens is 1. The maximum Gasteiger partial charge on any atom is 0.115 e. The second-order valence-electron chi connectivity index (χ2n) is 8.01. The summed E-state index contributed by atoms with van der Waals surface area (Å²) in [5.41, 5.74) is 2.19. The van der Waals surface area contributed by atoms with Crippen LogP contribution in [0.5, 0.6) is 5.75 Å². The summed E-state index contributed by atoms with van der Waals surface area (Å²) < 4.78 is 2.00. The molecule has 2 saturated carbocycles. The zero-order chi connectivity index (χ0) is 16.2. The molecular weight excluding hydrogens is 399 g/mol. The maximum absolute atomic E-state index is 11.2. The quantitative estimate of drug-likeness (QED) is 0.628. The van der Waals surface area contributed by atoms with Crippen LogP contribution in [0.1, 0.15) is 56.1 Å². The molecule has 23 heavy (non-hydrogen) atoms. The molecule has 5 atom stereocenters. The molecule has 2 fully saturated rings. The number of rotatable bonds is 1. The van der Waals surface area contributed by atoms with Crippen molar-refractivity contribution in [2.24, 2.45) is 17.3 Å². The van der Waals surface area contributed by atoms with Crippen molar-refractivity contribution < 1.29 is 10.2 Å². The number of aryl methyl sites for hydroxylation is 1. The van der Waals surface area contributed by atoms with Crippen molar-refractivity contribution in [3.8, 4) is 5.75 Å². The molecule has 0 saturated heterocycles. The lowest BCUT2D eigenvalue weighted by atomic mass is 9.53. The monoisotopic (exact) mass is 424 g/mol. The Morgan fingerprint density at radius 3 is 2.83 bits per heavy atom. The van der Waals surface area contributed by atoms with E-state index in [4.69, 9.17) is 0 Å². The smallest absolute Gasteiger partial charge is 0.115 e. The maximum atomic E-state index is 11.2. The minimum atomic E-state index is -0.626. The summed E-state index contributed by atoms with van der Waals surface area (Å²) in [7, 11) is 0. The Bertz CT molecular complexity index is 655. The van der Waals surface area contributed by atoms with Gasteiger partial charge in [0.1, 0.15) is 5.75 Å². The molecule has 0 aliphatic heterocycles. The van der Waals surface area contributed by atoms with Gasteiger partial charge in [0, 0.05) is 5.41 Å². The highest BCUT2D eigenvalue weighted by Crippen LogP contribution is 2.64. The van der Waals surface area contributed by atoms with E-state index in [-0.39, 0.29) is 5.41 Å². The fraction of sp³-hybridized carbons (Fsp3) is 0.600. The highest BCUT2D eigenvalue weighted by Gasteiger charge is 2.60. The molecule has 3 aliphatic rings. The van der Waals surface area contributed by atoms with Crippen LogP contribution < -0.4 is 0 Å². The van der Waals surface area contributed by atoms with E-state index in [1.807, 2.05) is 22.3 Å². The van der Waals surface area contributed by atoms with Crippen molar-refractivity contribution in [2.75, 3.05) is 0 Å². The molecule has 0 bridgehead atoms. The minimum Gasteiger partial charge on any atom is -0.508 e. The fourth-order valence-electron chi connectivity index (χ4n) is 6.00. The number of benzene rings is 1. The van der Waals surface area contributed by atoms with Crippen molar-refractivity contribution in [2.45, 2.75) is 57.0 Å². The number of fused-ring (bicyclic) bond motifs is 5. The van der Waals surface area contributed by atoms with Crippen molar-refractivity contribution in [3.63, 3.8) is 0 Å². The van der Waals surface area contributed by atoms with Crippen molar-refractivity contribution in [3.05, 3.63) is 39.5 Å². The lowest BCUT2D eigenvalue weighted by Crippen LogP contribution is -2.49. The highest BCUT2D eigenvalue weighted by atomic mass is 127. The van der Waals surface area contributed by atoms with Crippen molar-refractivity contribution in [1.82, 2.24) is 0 Å². The van der Waals surface area contributed by atoms with Gasteiger partial charge in [-0.25, -0.2) is 0 Å². The molecule has 3 heteroatoms. The van der Waals surface area contributed by atoms with E-state index in [9.17, 15) is 10.2 Å². The average Bonchev–Trinajstić information content (AvgIpc) is 2.79. The first kappa shape index (κ1) is 15.9. The predicted octanol–water partition coefficient (Wildman–Crippen LogP) is 4.93. The Morgan fingerprint density at radius 1 is 1.22 bits per heavy atom. The molecule has 0 heterocycles. The van der Waals surface area contributed by atoms with Gasteiger partial charge in [-0.2, -0.15) is 0 Å². The predicted molar refractivity (Wildman–Crippen MR) is 101 cm³/mol. The van der Waals surface area contributed by atoms with Crippen LogP contribution in [0.3, 0.4) is 0 Å². The summed E-state index contributed by atoms with van der Waals surface area (Å²) in [4.78, 5) is 0. The molecule has 2 nitrogen and oxygen atoms in total. The van der Waals surface area contributed by atoms with Gasteiger partial charge >= 0.3 is 0 Å². The van der Waals surface area contributed by atoms with Crippen LogP contribution in [-0.2, 0) is 6.42 Å². The van der Waals surface area contributed by atoms with Gasteiger partial charge in [0.05, 0.1) is 5.60 Å². The Kier molecular flexibility index (Phi) is 3.80. The number of aliphatic hydroxyl groups is 1. The second kappa shape index (κ2) is 5.48. The first-order valence-electron chi connectivity index (χ1n) is 8.80. The third-order valence-electron chi connectivity index (χ3n) is 7.26. The summed E-state index contributed by atoms with van der Waals surface area (Å²) in [6.45, 7) is 2.32. The van der Waals surface area contributed by atoms with Gasteiger partial charge in [-0.05, 0) is 89.7 Å². The molecule has 1 aromatic rings. The van der Waals surface area contributed by atoms with Crippen LogP contribution in [-0.4, -0.2) is 15.8 Å². The standard InChI is InChI=1S/C20H25IO2/c1-19-8-6-16-15-5-3-14(22)12-13(15)2-4-17(16)18(19)7-9-20(19,23)10-11-21/h3,5,10-12,16-18,22-23H,2,4,6-9H2,1H3/b11-10-/t16-,17-,18+,19+,20+/m1/s1. The number of hydrogen-bond acceptors (Lipinski definition) is 2. The van der Waals surface area contributed by atoms with Gasteiger partial charge in [0.25, 0.3) is 0 Å². The molecule has 124 valence electrons. The largest absolute Gasteiger partial charge is 0.508 e. The molecule has 4 rings (SSSR count). The Balaban J connectivity index is 1.70. The zero-order valence-corrected chi connectivity index (χ0v) is 15.8. The Morgan fingerprint density at radius 2 is 2.04 bits per heavy atom. The molecule has 3 aliphatic carbocycles. The summed E-state index contributed by atoms with van der Waals surface area (Å²) in [6, 6.07) is 5.96. The fourth-order valence-corrected chi connectivity index (χ4v) is 6.59. The van der Waals surface area contributed by atoms with Crippen molar-refractivity contribution in [1.29, 1.82) is 0 Å². The number of aromatic hydroxyl groups is 1. The van der Waals surface area contributed by atoms with E-state index in [0.717, 1.165) is 32.1 Å². The van der Waals surface area contributed by atoms with Gasteiger partial charge in [-0.15, -0.1) is 0 Å². The van der Waals surface area contributed by atoms with Gasteiger partial charge in [0.15, 0.2) is 0 Å². The van der Waals surface area contributed by atoms with Gasteiger partial charge in [0.2, 0.25) is 0 Å². The summed E-state index contributed by atoms with van der Waals surface area (Å²) >= 11 is 2.23. The van der Waals surface area contributed by atoms with Crippen LogP contribution in [0.25, 0.3) is 0 Å². The average molecular weight is 424 g/mol. The molecule has 0 aromatic heterocycles. The van der Waals surface area contributed by atoms with Gasteiger partial charge in [-0.1, -0.05) is 35.6 Å². The van der Waals surface area contributed by atoms with E-state index in [0.29, 0.717) is 23.5 Å². The van der Waals surface area contributed by atoms with E-state index in [2.05, 4.69) is 35.6 Å². The molecule has 0 spiro atoms. The minimum absolute atomic E-state index is 0.0181. The molecule has 0 unspecified atom stereocenters. The van der Waals surface area contributed by atoms with Gasteiger partial charge < -0.3 is 10.2 Å². The highest BCUT2D eigenvalue weighted by molar-refractivity contribution is 14.1. The summed E-state index contributed by atoms with van der Waals surface area (Å²) in [5.74, 6) is 2.30. The lowest BCUT2D eigenvalue weighted by Gasteiger charge is -2.52. The third kappa shape index (κ3) is 2.22. The van der Waals surface area contributed by atoms with Crippen LogP contribution in [0.4, 0.5) is 0 Å². The summed E-state index contributed by atoms with van der Waals surface area (Å²) in [5, 5.41) is 21.0. The van der Waals surface area contributed by atoms with Crippen molar-refractivity contribution >= 4 is 22.6 Å². The molecule has 0 amide bonds. The SMILES string of the molecule is C[C@]12CC[C@@H]3c4ccc(O)cc4CC[C@H]3[C@@H]1CC[C@]2(O)/C=C\I. The normalized spacial score (nSPS) is 42.3. The molecule has 1 aromatic carbocycles. The zero-order valence-electron chi connectivity index (χ0n) is 13.6. The third-order valence-corrected chi connectivity index (χ3v) is 7.62. The van der Waals surface area contributed by atoms with E-state index < -0.39 is 5.60 Å². The lowest BCUT2D eigenvalue weighted by molar-refractivity contribution is -0.0708. The topological polar surface area (TPSA) is 40.5 Å². The van der Waals surface area contributed by atoms with E-state index in [1.54, 1.807) is 0 Å². The molecule has 2 N–H and O–H groups in total. The molecular formula is C20H25IO2. The van der Waals surface area contributed by atoms with Crippen LogP contribution >= 0.6 is 22.6 Å². The van der Waals surface area contributed by atoms with Crippen LogP contribution in [0.15, 0.2) is 28.4 Å². The second-order valence-corrected chi connectivity index (χ2v) is 8.73. The summed E-state index contributed by atoms with van der Waals surface area (Å²) in [6.07, 6.45) is 8.61. The number of phenols is 1. The Labute approximate surface area is 152 Å². The number of hydrogen-bond donors (Lipinski definition) is 2. The van der Waals surface area contributed by atoms with E-state index >= 15 is 0 Å². The number of phenolic OH excluding ortho intramolecular Hbond substituents is 1. The first-order chi connectivity index (χ1) is 11.0. The van der Waals surface area contributed by atoms with E-state index in [1.165, 1.54) is 17.5 Å². The van der Waals surface area contributed by atoms with Crippen LogP contribution in [0.2, 0.25) is 0 Å². The Hall–Kier alpha value is -0.550. The van der Waals surface area contributed by atoms with Crippen LogP contribution in [0, 0.1) is 17.3 Å². The van der Waals surface area contributed by atoms with Gasteiger partial charge in [-0.3, -0.25) is 0 Å².